The molecule has 0 aliphatic heterocycles. The number of nitrogens with zero attached hydrogens (tertiary/aromatic N) is 4. The Kier molecular flexibility index (Phi) is 3.55. The number of nitrogen functional groups attached to an aromatic ring is 1. The Bertz CT molecular complexity index is 689. The van der Waals surface area contributed by atoms with Crippen LogP contribution in [-0.2, 0) is 16.0 Å². The van der Waals surface area contributed by atoms with Gasteiger partial charge < -0.3 is 5.73 Å². The van der Waals surface area contributed by atoms with E-state index in [4.69, 9.17) is 5.73 Å². The summed E-state index contributed by atoms with van der Waals surface area (Å²) >= 11 is 0. The van der Waals surface area contributed by atoms with Gasteiger partial charge in [-0.25, -0.2) is 9.38 Å². The van der Waals surface area contributed by atoms with Crippen molar-refractivity contribution < 1.29 is 9.59 Å². The monoisotopic (exact) mass is 261 g/mol. The minimum absolute atomic E-state index is 0.0471. The molecule has 2 N–H and O–H groups in total. The normalized spacial score (nSPS) is 12.2. The van der Waals surface area contributed by atoms with Gasteiger partial charge in [-0.3, -0.25) is 9.59 Å². The van der Waals surface area contributed by atoms with Crippen molar-refractivity contribution in [2.45, 2.75) is 33.1 Å². The van der Waals surface area contributed by atoms with Crippen molar-refractivity contribution in [2.75, 3.05) is 5.73 Å². The zero-order valence-electron chi connectivity index (χ0n) is 10.9. The van der Waals surface area contributed by atoms with E-state index in [9.17, 15) is 9.59 Å². The molecular weight excluding hydrogens is 246 g/mol. The molecule has 0 amide bonds. The quantitative estimate of drug-likeness (QED) is 0.793. The average Bonchev–Trinajstić information content (AvgIpc) is 2.91. The molecule has 2 rings (SSSR count). The predicted octanol–water partition coefficient (Wildman–Crippen LogP) is -0.293. The molecule has 0 unspecified atom stereocenters. The Morgan fingerprint density at radius 1 is 1.26 bits per heavy atom. The van der Waals surface area contributed by atoms with Gasteiger partial charge >= 0.3 is 0 Å². The van der Waals surface area contributed by atoms with Crippen molar-refractivity contribution >= 4 is 29.4 Å². The SMILES string of the molecule is CCC(=O)/C=c1/c(CC(=O)CC)nc2nnc(N)n12. The van der Waals surface area contributed by atoms with E-state index in [1.807, 2.05) is 0 Å². The minimum Gasteiger partial charge on any atom is -0.368 e. The first-order chi connectivity index (χ1) is 9.06. The van der Waals surface area contributed by atoms with Crippen LogP contribution in [0, 0.1) is 0 Å². The zero-order chi connectivity index (χ0) is 14.0. The number of aromatic nitrogens is 4. The lowest BCUT2D eigenvalue weighted by Crippen LogP contribution is -2.20. The van der Waals surface area contributed by atoms with Crippen molar-refractivity contribution in [3.63, 3.8) is 0 Å². The molecule has 2 heterocycles. The highest BCUT2D eigenvalue weighted by Crippen LogP contribution is 2.03. The molecule has 0 bridgehead atoms. The lowest BCUT2D eigenvalue weighted by Gasteiger charge is -1.95. The van der Waals surface area contributed by atoms with Crippen LogP contribution in [0.25, 0.3) is 11.9 Å². The molecule has 0 aliphatic carbocycles. The van der Waals surface area contributed by atoms with Crippen LogP contribution in [0.3, 0.4) is 0 Å². The topological polar surface area (TPSA) is 103 Å². The maximum atomic E-state index is 11.6. The van der Waals surface area contributed by atoms with E-state index in [1.54, 1.807) is 13.8 Å². The predicted molar refractivity (Wildman–Crippen MR) is 69.2 cm³/mol. The van der Waals surface area contributed by atoms with Gasteiger partial charge in [-0.2, -0.15) is 0 Å². The minimum atomic E-state index is -0.0624. The van der Waals surface area contributed by atoms with Gasteiger partial charge in [0.15, 0.2) is 5.78 Å². The zero-order valence-corrected chi connectivity index (χ0v) is 10.9. The van der Waals surface area contributed by atoms with Gasteiger partial charge in [-0.15, -0.1) is 10.2 Å². The summed E-state index contributed by atoms with van der Waals surface area (Å²) < 4.78 is 1.49. The highest BCUT2D eigenvalue weighted by atomic mass is 16.1. The third-order valence-electron chi connectivity index (χ3n) is 2.85. The Morgan fingerprint density at radius 2 is 2.00 bits per heavy atom. The van der Waals surface area contributed by atoms with Crippen LogP contribution in [0.1, 0.15) is 32.4 Å². The summed E-state index contributed by atoms with van der Waals surface area (Å²) in [6.07, 6.45) is 2.40. The molecule has 0 radical (unpaired) electrons. The highest BCUT2D eigenvalue weighted by Gasteiger charge is 2.14. The second kappa shape index (κ2) is 5.13. The van der Waals surface area contributed by atoms with Crippen LogP contribution in [0.15, 0.2) is 0 Å². The van der Waals surface area contributed by atoms with E-state index in [-0.39, 0.29) is 23.9 Å². The first-order valence-corrected chi connectivity index (χ1v) is 6.12. The van der Waals surface area contributed by atoms with Gasteiger partial charge in [0.05, 0.1) is 17.5 Å². The summed E-state index contributed by atoms with van der Waals surface area (Å²) in [6.45, 7) is 3.55. The molecular formula is C12H15N5O2. The maximum absolute atomic E-state index is 11.6. The molecule has 0 atom stereocenters. The fourth-order valence-corrected chi connectivity index (χ4v) is 1.74. The number of hydrogen-bond acceptors (Lipinski definition) is 6. The van der Waals surface area contributed by atoms with Gasteiger partial charge in [0.1, 0.15) is 5.78 Å². The molecule has 19 heavy (non-hydrogen) atoms. The van der Waals surface area contributed by atoms with Gasteiger partial charge in [-0.1, -0.05) is 13.8 Å². The van der Waals surface area contributed by atoms with Crippen LogP contribution >= 0.6 is 0 Å². The largest absolute Gasteiger partial charge is 0.368 e. The molecule has 7 nitrogen and oxygen atoms in total. The summed E-state index contributed by atoms with van der Waals surface area (Å²) in [5.74, 6) is 0.456. The number of ketones is 2. The summed E-state index contributed by atoms with van der Waals surface area (Å²) in [4.78, 5) is 27.4. The number of fused-ring (bicyclic) bond motifs is 1. The fraction of sp³-hybridized carbons (Fsp3) is 0.417. The number of imidazole rings is 1. The number of nitrogens with two attached hydrogens (primary N) is 1. The van der Waals surface area contributed by atoms with Crippen LogP contribution in [0.5, 0.6) is 0 Å². The number of hydrogen-bond donors (Lipinski definition) is 1. The number of anilines is 1. The van der Waals surface area contributed by atoms with Gasteiger partial charge in [0.2, 0.25) is 5.95 Å². The summed E-state index contributed by atoms with van der Waals surface area (Å²) in [7, 11) is 0. The van der Waals surface area contributed by atoms with E-state index in [0.29, 0.717) is 29.7 Å². The number of Topliss-reactive ketones (excluding diaryl/α,β-unsaturated/α-hetero) is 2. The molecule has 7 heteroatoms. The fourth-order valence-electron chi connectivity index (χ4n) is 1.74. The number of rotatable bonds is 5. The second-order valence-corrected chi connectivity index (χ2v) is 4.17. The molecule has 2 aromatic heterocycles. The Morgan fingerprint density at radius 3 is 2.63 bits per heavy atom. The Labute approximate surface area is 109 Å². The number of carbonyl (C=O) groups is 2. The Balaban J connectivity index is 2.63. The maximum Gasteiger partial charge on any atom is 0.257 e. The average molecular weight is 261 g/mol. The summed E-state index contributed by atoms with van der Waals surface area (Å²) in [6, 6.07) is 0. The van der Waals surface area contributed by atoms with Crippen molar-refractivity contribution in [2.24, 2.45) is 0 Å². The third-order valence-corrected chi connectivity index (χ3v) is 2.85. The Hall–Kier alpha value is -2.31. The third kappa shape index (κ3) is 2.44. The smallest absolute Gasteiger partial charge is 0.257 e. The van der Waals surface area contributed by atoms with Crippen LogP contribution in [0.4, 0.5) is 5.95 Å². The summed E-state index contributed by atoms with van der Waals surface area (Å²) in [5.41, 5.74) is 6.22. The number of carbonyl (C=O) groups excluding carboxylic acids is 2. The van der Waals surface area contributed by atoms with E-state index in [1.165, 1.54) is 10.5 Å². The standard InChI is InChI=1S/C12H15N5O2/c1-3-7(18)5-9-10(6-8(19)4-2)17-11(13)15-16-12(17)14-9/h6H,3-5H2,1-2H3,(H2,13,15)/b10-6-. The molecule has 2 aromatic rings. The first-order valence-electron chi connectivity index (χ1n) is 6.12. The van der Waals surface area contributed by atoms with Crippen LogP contribution < -0.4 is 11.1 Å². The molecule has 0 fully saturated rings. The van der Waals surface area contributed by atoms with Crippen molar-refractivity contribution in [1.29, 1.82) is 0 Å². The lowest BCUT2D eigenvalue weighted by molar-refractivity contribution is -0.118. The first kappa shape index (κ1) is 13.1. The summed E-state index contributed by atoms with van der Waals surface area (Å²) in [5, 5.41) is 8.01. The molecule has 0 saturated carbocycles. The van der Waals surface area contributed by atoms with E-state index >= 15 is 0 Å². The van der Waals surface area contributed by atoms with E-state index in [2.05, 4.69) is 15.2 Å². The molecule has 0 aliphatic rings. The van der Waals surface area contributed by atoms with Crippen molar-refractivity contribution in [3.8, 4) is 0 Å². The van der Waals surface area contributed by atoms with Crippen LogP contribution in [0.2, 0.25) is 0 Å². The molecule has 0 spiro atoms. The van der Waals surface area contributed by atoms with Gasteiger partial charge in [0, 0.05) is 18.9 Å². The molecule has 0 saturated heterocycles. The molecule has 0 aromatic carbocycles. The highest BCUT2D eigenvalue weighted by molar-refractivity contribution is 6.05. The second-order valence-electron chi connectivity index (χ2n) is 4.17. The van der Waals surface area contributed by atoms with E-state index in [0.717, 1.165) is 0 Å². The van der Waals surface area contributed by atoms with Gasteiger partial charge in [0.25, 0.3) is 5.78 Å². The van der Waals surface area contributed by atoms with Crippen molar-refractivity contribution in [3.05, 3.63) is 11.0 Å². The molecule has 100 valence electrons. The van der Waals surface area contributed by atoms with Crippen LogP contribution in [-0.4, -0.2) is 31.1 Å². The lowest BCUT2D eigenvalue weighted by atomic mass is 10.1. The van der Waals surface area contributed by atoms with E-state index < -0.39 is 0 Å². The van der Waals surface area contributed by atoms with Crippen molar-refractivity contribution in [1.82, 2.24) is 19.6 Å². The van der Waals surface area contributed by atoms with Gasteiger partial charge in [-0.05, 0) is 0 Å².